The number of nitrogens with zero attached hydrogens (tertiary/aromatic N) is 1. The van der Waals surface area contributed by atoms with Crippen molar-refractivity contribution in [2.24, 2.45) is 10.7 Å². The van der Waals surface area contributed by atoms with Crippen molar-refractivity contribution in [3.8, 4) is 0 Å². The molecule has 82 valence electrons. The third kappa shape index (κ3) is 2.11. The largest absolute Gasteiger partial charge is 0.405 e. The Balaban J connectivity index is 2.19. The lowest BCUT2D eigenvalue weighted by Crippen LogP contribution is -2.28. The van der Waals surface area contributed by atoms with E-state index in [1.807, 2.05) is 18.2 Å². The van der Waals surface area contributed by atoms with E-state index >= 15 is 0 Å². The molecule has 0 amide bonds. The molecule has 2 rings (SSSR count). The molecule has 0 saturated heterocycles. The highest BCUT2D eigenvalue weighted by molar-refractivity contribution is 6.15. The van der Waals surface area contributed by atoms with Gasteiger partial charge in [-0.25, -0.2) is 4.99 Å². The van der Waals surface area contributed by atoms with Crippen LogP contribution in [-0.4, -0.2) is 18.2 Å². The summed E-state index contributed by atoms with van der Waals surface area (Å²) >= 11 is 0. The zero-order valence-electron chi connectivity index (χ0n) is 8.81. The van der Waals surface area contributed by atoms with Crippen LogP contribution in [0, 0.1) is 0 Å². The van der Waals surface area contributed by atoms with Crippen LogP contribution in [-0.2, 0) is 0 Å². The maximum absolute atomic E-state index is 11.8. The number of amidine groups is 1. The molecular weight excluding hydrogens is 202 g/mol. The number of rotatable bonds is 2. The van der Waals surface area contributed by atoms with E-state index in [2.05, 4.69) is 10.3 Å². The second-order valence-corrected chi connectivity index (χ2v) is 3.48. The van der Waals surface area contributed by atoms with Crippen molar-refractivity contribution in [3.05, 3.63) is 42.1 Å². The SMILES string of the molecule is NC=CCNC1=Nc2ccccc2C(=O)C1. The van der Waals surface area contributed by atoms with Crippen molar-refractivity contribution in [1.82, 2.24) is 5.32 Å². The van der Waals surface area contributed by atoms with Crippen LogP contribution in [0.25, 0.3) is 0 Å². The van der Waals surface area contributed by atoms with Crippen LogP contribution in [0.3, 0.4) is 0 Å². The molecule has 0 atom stereocenters. The highest BCUT2D eigenvalue weighted by Crippen LogP contribution is 2.24. The van der Waals surface area contributed by atoms with Crippen LogP contribution in [0.15, 0.2) is 41.5 Å². The first-order chi connectivity index (χ1) is 7.81. The summed E-state index contributed by atoms with van der Waals surface area (Å²) in [5, 5.41) is 3.06. The summed E-state index contributed by atoms with van der Waals surface area (Å²) in [6, 6.07) is 7.37. The standard InChI is InChI=1S/C12H13N3O/c13-6-3-7-14-12-8-11(16)9-4-1-2-5-10(9)15-12/h1-6H,7-8,13H2,(H,14,15). The Morgan fingerprint density at radius 3 is 3.06 bits per heavy atom. The maximum Gasteiger partial charge on any atom is 0.172 e. The molecule has 0 aliphatic carbocycles. The Hall–Kier alpha value is -2.10. The fraction of sp³-hybridized carbons (Fsp3) is 0.167. The molecule has 1 aromatic rings. The lowest BCUT2D eigenvalue weighted by atomic mass is 10.0. The van der Waals surface area contributed by atoms with Crippen molar-refractivity contribution in [2.75, 3.05) is 6.54 Å². The van der Waals surface area contributed by atoms with Gasteiger partial charge in [-0.2, -0.15) is 0 Å². The predicted molar refractivity (Wildman–Crippen MR) is 63.8 cm³/mol. The number of fused-ring (bicyclic) bond motifs is 1. The van der Waals surface area contributed by atoms with E-state index in [-0.39, 0.29) is 5.78 Å². The monoisotopic (exact) mass is 215 g/mol. The van der Waals surface area contributed by atoms with Gasteiger partial charge in [0.1, 0.15) is 5.84 Å². The van der Waals surface area contributed by atoms with Gasteiger partial charge in [-0.1, -0.05) is 12.1 Å². The number of nitrogens with two attached hydrogens (primary N) is 1. The van der Waals surface area contributed by atoms with Gasteiger partial charge in [-0.15, -0.1) is 0 Å². The van der Waals surface area contributed by atoms with Crippen molar-refractivity contribution < 1.29 is 4.79 Å². The van der Waals surface area contributed by atoms with Gasteiger partial charge in [0.2, 0.25) is 0 Å². The van der Waals surface area contributed by atoms with Crippen LogP contribution in [0.1, 0.15) is 16.8 Å². The molecule has 0 spiro atoms. The van der Waals surface area contributed by atoms with Gasteiger partial charge in [0.15, 0.2) is 5.78 Å². The molecule has 0 saturated carbocycles. The van der Waals surface area contributed by atoms with E-state index in [1.165, 1.54) is 6.20 Å². The number of para-hydroxylation sites is 1. The summed E-state index contributed by atoms with van der Waals surface area (Å²) in [6.45, 7) is 0.588. The third-order valence-corrected chi connectivity index (χ3v) is 2.35. The number of benzene rings is 1. The predicted octanol–water partition coefficient (Wildman–Crippen LogP) is 1.36. The number of hydrogen-bond acceptors (Lipinski definition) is 4. The lowest BCUT2D eigenvalue weighted by molar-refractivity contribution is 0.0999. The average molecular weight is 215 g/mol. The fourth-order valence-corrected chi connectivity index (χ4v) is 1.59. The van der Waals surface area contributed by atoms with Crippen LogP contribution >= 0.6 is 0 Å². The van der Waals surface area contributed by atoms with E-state index in [0.717, 1.165) is 5.69 Å². The van der Waals surface area contributed by atoms with Gasteiger partial charge in [0.05, 0.1) is 12.1 Å². The second kappa shape index (κ2) is 4.61. The molecule has 3 N–H and O–H groups in total. The van der Waals surface area contributed by atoms with Crippen LogP contribution in [0.4, 0.5) is 5.69 Å². The van der Waals surface area contributed by atoms with Crippen LogP contribution in [0.2, 0.25) is 0 Å². The zero-order chi connectivity index (χ0) is 11.4. The van der Waals surface area contributed by atoms with Gasteiger partial charge >= 0.3 is 0 Å². The minimum absolute atomic E-state index is 0.102. The Labute approximate surface area is 93.9 Å². The molecular formula is C12H13N3O. The molecule has 0 unspecified atom stereocenters. The molecule has 0 fully saturated rings. The molecule has 1 aliphatic rings. The number of nitrogens with one attached hydrogen (secondary N) is 1. The number of Topliss-reactive ketones (excluding diaryl/α,β-unsaturated/α-hetero) is 1. The van der Waals surface area contributed by atoms with Gasteiger partial charge in [0.25, 0.3) is 0 Å². The summed E-state index contributed by atoms with van der Waals surface area (Å²) < 4.78 is 0. The first kappa shape index (κ1) is 10.4. The maximum atomic E-state index is 11.8. The first-order valence-corrected chi connectivity index (χ1v) is 5.11. The summed E-state index contributed by atoms with van der Waals surface area (Å²) in [5.41, 5.74) is 6.65. The topological polar surface area (TPSA) is 67.5 Å². The Bertz CT molecular complexity index is 463. The summed E-state index contributed by atoms with van der Waals surface area (Å²) in [7, 11) is 0. The van der Waals surface area contributed by atoms with Gasteiger partial charge in [0, 0.05) is 12.1 Å². The molecule has 4 heteroatoms. The van der Waals surface area contributed by atoms with Gasteiger partial charge in [-0.05, 0) is 24.4 Å². The van der Waals surface area contributed by atoms with E-state index in [1.54, 1.807) is 12.1 Å². The Kier molecular flexibility index (Phi) is 3.00. The molecule has 0 bridgehead atoms. The molecule has 1 heterocycles. The second-order valence-electron chi connectivity index (χ2n) is 3.48. The molecule has 0 aromatic heterocycles. The number of ketones is 1. The van der Waals surface area contributed by atoms with Crippen LogP contribution in [0.5, 0.6) is 0 Å². The molecule has 0 radical (unpaired) electrons. The minimum Gasteiger partial charge on any atom is -0.405 e. The van der Waals surface area contributed by atoms with Crippen LogP contribution < -0.4 is 11.1 Å². The Morgan fingerprint density at radius 2 is 2.25 bits per heavy atom. The normalized spacial score (nSPS) is 14.8. The van der Waals surface area contributed by atoms with Crippen molar-refractivity contribution in [1.29, 1.82) is 0 Å². The van der Waals surface area contributed by atoms with Crippen molar-refractivity contribution in [3.63, 3.8) is 0 Å². The minimum atomic E-state index is 0.102. The summed E-state index contributed by atoms with van der Waals surface area (Å²) in [4.78, 5) is 16.1. The van der Waals surface area contributed by atoms with E-state index in [0.29, 0.717) is 24.4 Å². The van der Waals surface area contributed by atoms with Crippen molar-refractivity contribution >= 4 is 17.3 Å². The quantitative estimate of drug-likeness (QED) is 0.782. The zero-order valence-corrected chi connectivity index (χ0v) is 8.81. The highest BCUT2D eigenvalue weighted by atomic mass is 16.1. The van der Waals surface area contributed by atoms with Gasteiger partial charge < -0.3 is 11.1 Å². The van der Waals surface area contributed by atoms with E-state index in [4.69, 9.17) is 5.73 Å². The number of carbonyl (C=O) groups is 1. The Morgan fingerprint density at radius 1 is 1.44 bits per heavy atom. The lowest BCUT2D eigenvalue weighted by Gasteiger charge is -2.14. The van der Waals surface area contributed by atoms with Gasteiger partial charge in [-0.3, -0.25) is 4.79 Å². The van der Waals surface area contributed by atoms with E-state index in [9.17, 15) is 4.79 Å². The molecule has 1 aliphatic heterocycles. The summed E-state index contributed by atoms with van der Waals surface area (Å²) in [5.74, 6) is 0.798. The molecule has 16 heavy (non-hydrogen) atoms. The fourth-order valence-electron chi connectivity index (χ4n) is 1.59. The van der Waals surface area contributed by atoms with E-state index < -0.39 is 0 Å². The smallest absolute Gasteiger partial charge is 0.172 e. The molecule has 4 nitrogen and oxygen atoms in total. The number of carbonyl (C=O) groups excluding carboxylic acids is 1. The third-order valence-electron chi connectivity index (χ3n) is 2.35. The summed E-state index contributed by atoms with van der Waals surface area (Å²) in [6.07, 6.45) is 3.56. The average Bonchev–Trinajstić information content (AvgIpc) is 2.30. The first-order valence-electron chi connectivity index (χ1n) is 5.11. The van der Waals surface area contributed by atoms with Crippen molar-refractivity contribution in [2.45, 2.75) is 6.42 Å². The number of hydrogen-bond donors (Lipinski definition) is 2. The molecule has 1 aromatic carbocycles. The highest BCUT2D eigenvalue weighted by Gasteiger charge is 2.18. The number of aliphatic imine (C=N–C) groups is 1.